The Morgan fingerprint density at radius 3 is 2.67 bits per heavy atom. The minimum absolute atomic E-state index is 0.0510. The Hall–Kier alpha value is -0.740. The van der Waals surface area contributed by atoms with Gasteiger partial charge in [-0.25, -0.2) is 0 Å². The topological polar surface area (TPSA) is 63.6 Å². The standard InChI is InChI=1S/C5H6O4/c6-3-1-9-2-4(7)5(3)8/h3,6H,1-2H2. The minimum atomic E-state index is -1.23. The third-order valence-electron chi connectivity index (χ3n) is 1.09. The van der Waals surface area contributed by atoms with Crippen LogP contribution in [0.2, 0.25) is 0 Å². The molecule has 1 unspecified atom stereocenters. The predicted molar refractivity (Wildman–Crippen MR) is 26.8 cm³/mol. The summed E-state index contributed by atoms with van der Waals surface area (Å²) in [5.74, 6) is -1.38. The zero-order valence-electron chi connectivity index (χ0n) is 4.66. The van der Waals surface area contributed by atoms with E-state index in [1.807, 2.05) is 0 Å². The molecule has 1 aliphatic heterocycles. The Bertz CT molecular complexity index is 151. The molecule has 1 fully saturated rings. The summed E-state index contributed by atoms with van der Waals surface area (Å²) in [4.78, 5) is 20.8. The third-order valence-corrected chi connectivity index (χ3v) is 1.09. The van der Waals surface area contributed by atoms with Crippen LogP contribution in [-0.4, -0.2) is 36.0 Å². The van der Waals surface area contributed by atoms with Crippen molar-refractivity contribution in [3.8, 4) is 0 Å². The minimum Gasteiger partial charge on any atom is -0.382 e. The predicted octanol–water partition coefficient (Wildman–Crippen LogP) is -1.48. The van der Waals surface area contributed by atoms with Crippen LogP contribution < -0.4 is 0 Å². The molecule has 0 aromatic rings. The highest BCUT2D eigenvalue weighted by Gasteiger charge is 2.27. The number of hydrogen-bond donors (Lipinski definition) is 1. The molecular weight excluding hydrogens is 124 g/mol. The fourth-order valence-electron chi connectivity index (χ4n) is 0.596. The number of Topliss-reactive ketones (excluding diaryl/α,β-unsaturated/α-hetero) is 2. The van der Waals surface area contributed by atoms with Gasteiger partial charge in [-0.15, -0.1) is 0 Å². The molecule has 9 heavy (non-hydrogen) atoms. The number of rotatable bonds is 0. The van der Waals surface area contributed by atoms with E-state index >= 15 is 0 Å². The van der Waals surface area contributed by atoms with Gasteiger partial charge >= 0.3 is 0 Å². The lowest BCUT2D eigenvalue weighted by molar-refractivity contribution is -0.152. The van der Waals surface area contributed by atoms with Crippen molar-refractivity contribution < 1.29 is 19.4 Å². The van der Waals surface area contributed by atoms with Gasteiger partial charge in [0.25, 0.3) is 0 Å². The van der Waals surface area contributed by atoms with Crippen molar-refractivity contribution in [2.45, 2.75) is 6.10 Å². The number of ether oxygens (including phenoxy) is 1. The van der Waals surface area contributed by atoms with Gasteiger partial charge in [-0.2, -0.15) is 0 Å². The lowest BCUT2D eigenvalue weighted by Gasteiger charge is -2.13. The molecule has 1 atom stereocenters. The highest BCUT2D eigenvalue weighted by molar-refractivity contribution is 6.39. The number of aliphatic hydroxyl groups is 1. The molecule has 4 nitrogen and oxygen atoms in total. The monoisotopic (exact) mass is 130 g/mol. The maximum Gasteiger partial charge on any atom is 0.231 e. The molecule has 0 radical (unpaired) electrons. The van der Waals surface area contributed by atoms with Crippen LogP contribution in [0.1, 0.15) is 0 Å². The van der Waals surface area contributed by atoms with Gasteiger partial charge in [-0.05, 0) is 0 Å². The highest BCUT2D eigenvalue weighted by Crippen LogP contribution is 1.97. The van der Waals surface area contributed by atoms with Gasteiger partial charge in [0.15, 0.2) is 0 Å². The zero-order chi connectivity index (χ0) is 6.85. The molecule has 1 aliphatic rings. The zero-order valence-corrected chi connectivity index (χ0v) is 4.66. The van der Waals surface area contributed by atoms with Crippen LogP contribution in [0.25, 0.3) is 0 Å². The fraction of sp³-hybridized carbons (Fsp3) is 0.600. The Morgan fingerprint density at radius 1 is 1.56 bits per heavy atom. The first-order valence-corrected chi connectivity index (χ1v) is 2.54. The molecular formula is C5H6O4. The van der Waals surface area contributed by atoms with E-state index in [0.717, 1.165) is 0 Å². The molecule has 4 heteroatoms. The fourth-order valence-corrected chi connectivity index (χ4v) is 0.596. The summed E-state index contributed by atoms with van der Waals surface area (Å²) >= 11 is 0. The largest absolute Gasteiger partial charge is 0.382 e. The summed E-state index contributed by atoms with van der Waals surface area (Å²) < 4.78 is 4.54. The average molecular weight is 130 g/mol. The first-order chi connectivity index (χ1) is 4.22. The lowest BCUT2D eigenvalue weighted by atomic mass is 10.1. The van der Waals surface area contributed by atoms with E-state index in [1.165, 1.54) is 0 Å². The average Bonchev–Trinajstić information content (AvgIpc) is 1.83. The SMILES string of the molecule is O=C1COCC(O)C1=O. The van der Waals surface area contributed by atoms with E-state index < -0.39 is 17.7 Å². The Kier molecular flexibility index (Phi) is 1.59. The molecule has 1 heterocycles. The number of carbonyl (C=O) groups is 2. The second-order valence-electron chi connectivity index (χ2n) is 1.82. The smallest absolute Gasteiger partial charge is 0.231 e. The van der Waals surface area contributed by atoms with Crippen LogP contribution in [0.5, 0.6) is 0 Å². The van der Waals surface area contributed by atoms with Crippen molar-refractivity contribution in [1.29, 1.82) is 0 Å². The van der Waals surface area contributed by atoms with Crippen LogP contribution >= 0.6 is 0 Å². The van der Waals surface area contributed by atoms with E-state index in [2.05, 4.69) is 4.74 Å². The van der Waals surface area contributed by atoms with Gasteiger partial charge < -0.3 is 9.84 Å². The summed E-state index contributed by atoms with van der Waals surface area (Å²) in [7, 11) is 0. The van der Waals surface area contributed by atoms with Crippen molar-refractivity contribution in [2.75, 3.05) is 13.2 Å². The second-order valence-corrected chi connectivity index (χ2v) is 1.82. The third kappa shape index (κ3) is 1.14. The summed E-state index contributed by atoms with van der Waals surface area (Å²) in [6.45, 7) is -0.236. The maximum atomic E-state index is 10.4. The van der Waals surface area contributed by atoms with Gasteiger partial charge in [0.05, 0.1) is 6.61 Å². The number of ketones is 2. The van der Waals surface area contributed by atoms with Crippen molar-refractivity contribution in [3.05, 3.63) is 0 Å². The highest BCUT2D eigenvalue weighted by atomic mass is 16.5. The molecule has 1 rings (SSSR count). The molecule has 0 amide bonds. The van der Waals surface area contributed by atoms with Gasteiger partial charge in [0.1, 0.15) is 12.7 Å². The summed E-state index contributed by atoms with van der Waals surface area (Å²) in [5, 5.41) is 8.65. The summed E-state index contributed by atoms with van der Waals surface area (Å²) in [6, 6.07) is 0. The molecule has 0 aromatic heterocycles. The van der Waals surface area contributed by atoms with Crippen molar-refractivity contribution in [2.24, 2.45) is 0 Å². The number of aliphatic hydroxyl groups excluding tert-OH is 1. The van der Waals surface area contributed by atoms with Crippen LogP contribution in [0.3, 0.4) is 0 Å². The molecule has 0 aliphatic carbocycles. The van der Waals surface area contributed by atoms with Gasteiger partial charge in [0.2, 0.25) is 11.6 Å². The maximum absolute atomic E-state index is 10.4. The second kappa shape index (κ2) is 2.24. The van der Waals surface area contributed by atoms with Crippen molar-refractivity contribution in [1.82, 2.24) is 0 Å². The Balaban J connectivity index is 2.62. The van der Waals surface area contributed by atoms with E-state index in [1.54, 1.807) is 0 Å². The van der Waals surface area contributed by atoms with Gasteiger partial charge in [0, 0.05) is 0 Å². The van der Waals surface area contributed by atoms with E-state index in [-0.39, 0.29) is 13.2 Å². The van der Waals surface area contributed by atoms with Crippen molar-refractivity contribution >= 4 is 11.6 Å². The molecule has 50 valence electrons. The molecule has 0 bridgehead atoms. The van der Waals surface area contributed by atoms with Crippen LogP contribution in [0.15, 0.2) is 0 Å². The molecule has 1 saturated heterocycles. The van der Waals surface area contributed by atoms with E-state index in [0.29, 0.717) is 0 Å². The Labute approximate surface area is 51.4 Å². The molecule has 0 saturated carbocycles. The van der Waals surface area contributed by atoms with Gasteiger partial charge in [-0.1, -0.05) is 0 Å². The van der Waals surface area contributed by atoms with Crippen LogP contribution in [-0.2, 0) is 14.3 Å². The first-order valence-electron chi connectivity index (χ1n) is 2.54. The normalized spacial score (nSPS) is 28.8. The molecule has 1 N–H and O–H groups in total. The number of carbonyl (C=O) groups excluding carboxylic acids is 2. The quantitative estimate of drug-likeness (QED) is 0.406. The van der Waals surface area contributed by atoms with Crippen LogP contribution in [0.4, 0.5) is 0 Å². The summed E-state index contributed by atoms with van der Waals surface area (Å²) in [6.07, 6.45) is -1.23. The van der Waals surface area contributed by atoms with Gasteiger partial charge in [-0.3, -0.25) is 9.59 Å². The van der Waals surface area contributed by atoms with Crippen molar-refractivity contribution in [3.63, 3.8) is 0 Å². The van der Waals surface area contributed by atoms with Crippen LogP contribution in [0, 0.1) is 0 Å². The van der Waals surface area contributed by atoms with E-state index in [4.69, 9.17) is 5.11 Å². The molecule has 0 aromatic carbocycles. The lowest BCUT2D eigenvalue weighted by Crippen LogP contribution is -2.40. The van der Waals surface area contributed by atoms with E-state index in [9.17, 15) is 9.59 Å². The summed E-state index contributed by atoms with van der Waals surface area (Å²) in [5.41, 5.74) is 0. The molecule has 0 spiro atoms. The Morgan fingerprint density at radius 2 is 2.22 bits per heavy atom. The number of hydrogen-bond acceptors (Lipinski definition) is 4. The first kappa shape index (κ1) is 6.38.